The number of quaternary nitrogens is 1. The lowest BCUT2D eigenvalue weighted by molar-refractivity contribution is -0.889. The van der Waals surface area contributed by atoms with Gasteiger partial charge in [-0.1, -0.05) is 103 Å². The molecule has 0 aliphatic carbocycles. The molecular weight excluding hydrogens is 324 g/mol. The summed E-state index contributed by atoms with van der Waals surface area (Å²) in [5.41, 5.74) is 0. The van der Waals surface area contributed by atoms with Gasteiger partial charge in [-0.3, -0.25) is 0 Å². The molecule has 0 aromatic heterocycles. The van der Waals surface area contributed by atoms with Crippen molar-refractivity contribution >= 4 is 17.4 Å². The molecule has 0 aromatic carbocycles. The Morgan fingerprint density at radius 2 is 1.24 bits per heavy atom. The number of thiocarbonyl (C=S) groups is 1. The summed E-state index contributed by atoms with van der Waals surface area (Å²) in [5, 5.41) is 8.47. The second-order valence-electron chi connectivity index (χ2n) is 8.04. The van der Waals surface area contributed by atoms with Crippen molar-refractivity contribution in [2.45, 2.75) is 110 Å². The van der Waals surface area contributed by atoms with Gasteiger partial charge in [-0.25, -0.2) is 0 Å². The van der Waals surface area contributed by atoms with Crippen molar-refractivity contribution in [2.75, 3.05) is 19.6 Å². The van der Waals surface area contributed by atoms with E-state index >= 15 is 0 Å². The summed E-state index contributed by atoms with van der Waals surface area (Å²) in [7, 11) is 0. The third-order valence-electron chi connectivity index (χ3n) is 5.51. The van der Waals surface area contributed by atoms with Gasteiger partial charge in [0.05, 0.1) is 19.6 Å². The summed E-state index contributed by atoms with van der Waals surface area (Å²) in [4.78, 5) is 1.88. The Morgan fingerprint density at radius 1 is 0.840 bits per heavy atom. The molecule has 3 heteroatoms. The molecule has 1 rings (SSSR count). The molecule has 1 fully saturated rings. The minimum Gasteiger partial charge on any atom is -0.753 e. The first-order chi connectivity index (χ1) is 12.2. The Balaban J connectivity index is 0.00000178. The van der Waals surface area contributed by atoms with E-state index in [4.69, 9.17) is 5.41 Å². The molecule has 0 amide bonds. The van der Waals surface area contributed by atoms with Crippen molar-refractivity contribution in [3.8, 4) is 0 Å². The van der Waals surface area contributed by atoms with E-state index in [0.717, 1.165) is 5.92 Å². The third kappa shape index (κ3) is 18.4. The Labute approximate surface area is 163 Å². The van der Waals surface area contributed by atoms with E-state index in [-0.39, 0.29) is 0 Å². The van der Waals surface area contributed by atoms with Crippen molar-refractivity contribution in [1.29, 1.82) is 0 Å². The molecule has 0 saturated carbocycles. The topological polar surface area (TPSA) is 26.7 Å². The summed E-state index contributed by atoms with van der Waals surface area (Å²) in [5.74, 6) is 0.988. The maximum Gasteiger partial charge on any atom is 0.0799 e. The summed E-state index contributed by atoms with van der Waals surface area (Å²) < 4.78 is 0. The van der Waals surface area contributed by atoms with E-state index in [9.17, 15) is 0 Å². The zero-order chi connectivity index (χ0) is 18.6. The van der Waals surface area contributed by atoms with Crippen molar-refractivity contribution in [3.05, 3.63) is 5.41 Å². The predicted molar refractivity (Wildman–Crippen MR) is 116 cm³/mol. The Hall–Kier alpha value is -0.240. The zero-order valence-electron chi connectivity index (χ0n) is 17.2. The maximum absolute atomic E-state index is 7.13. The first-order valence-electron chi connectivity index (χ1n) is 11.1. The highest BCUT2D eigenvalue weighted by Gasteiger charge is 2.21. The second-order valence-corrected chi connectivity index (χ2v) is 8.22. The van der Waals surface area contributed by atoms with Gasteiger partial charge in [0.2, 0.25) is 0 Å². The highest BCUT2D eigenvalue weighted by Crippen LogP contribution is 2.12. The molecule has 2 unspecified atom stereocenters. The van der Waals surface area contributed by atoms with Gasteiger partial charge in [0.15, 0.2) is 0 Å². The van der Waals surface area contributed by atoms with Crippen LogP contribution in [0.5, 0.6) is 0 Å². The van der Waals surface area contributed by atoms with E-state index in [1.807, 2.05) is 4.90 Å². The number of rotatable bonds is 15. The number of nitrogens with zero attached hydrogens (tertiary/aromatic N) is 1. The van der Waals surface area contributed by atoms with Crippen LogP contribution in [-0.2, 0) is 0 Å². The average molecular weight is 369 g/mol. The van der Waals surface area contributed by atoms with Crippen LogP contribution < -0.4 is 4.90 Å². The maximum atomic E-state index is 7.13. The van der Waals surface area contributed by atoms with Gasteiger partial charge >= 0.3 is 0 Å². The third-order valence-corrected chi connectivity index (χ3v) is 5.51. The molecule has 0 aromatic rings. The van der Waals surface area contributed by atoms with E-state index < -0.39 is 0 Å². The van der Waals surface area contributed by atoms with Crippen molar-refractivity contribution in [1.82, 2.24) is 0 Å². The SMILES string of the molecule is CCCCCCCCCCCCCCCC[NH+]1CCC(C)C1.[N-]=C=S. The summed E-state index contributed by atoms with van der Waals surface area (Å²) in [6.45, 7) is 9.05. The Bertz CT molecular complexity index is 300. The van der Waals surface area contributed by atoms with Gasteiger partial charge < -0.3 is 10.3 Å². The van der Waals surface area contributed by atoms with Crippen LogP contribution >= 0.6 is 12.2 Å². The van der Waals surface area contributed by atoms with Crippen LogP contribution in [0.4, 0.5) is 0 Å². The highest BCUT2D eigenvalue weighted by molar-refractivity contribution is 7.78. The second kappa shape index (κ2) is 20.1. The number of nitrogens with one attached hydrogen (secondary N) is 1. The van der Waals surface area contributed by atoms with Crippen molar-refractivity contribution in [3.63, 3.8) is 0 Å². The number of isothiocyanates is 1. The molecule has 0 radical (unpaired) electrons. The fraction of sp³-hybridized carbons (Fsp3) is 0.955. The van der Waals surface area contributed by atoms with Gasteiger partial charge in [0.1, 0.15) is 0 Å². The van der Waals surface area contributed by atoms with Gasteiger partial charge in [-0.2, -0.15) is 5.16 Å². The average Bonchev–Trinajstić information content (AvgIpc) is 3.01. The number of unbranched alkanes of at least 4 members (excludes halogenated alkanes) is 13. The minimum atomic E-state index is 0.988. The lowest BCUT2D eigenvalue weighted by atomic mass is 10.0. The molecule has 1 heterocycles. The Morgan fingerprint density at radius 3 is 1.60 bits per heavy atom. The largest absolute Gasteiger partial charge is 0.753 e. The molecular formula is C22H44N2S. The molecule has 1 saturated heterocycles. The van der Waals surface area contributed by atoms with Crippen molar-refractivity contribution < 1.29 is 4.90 Å². The molecule has 1 aliphatic heterocycles. The molecule has 25 heavy (non-hydrogen) atoms. The monoisotopic (exact) mass is 368 g/mol. The van der Waals surface area contributed by atoms with Crippen LogP contribution in [0, 0.1) is 5.92 Å². The number of hydrogen-bond donors (Lipinski definition) is 1. The smallest absolute Gasteiger partial charge is 0.0799 e. The molecule has 0 spiro atoms. The molecule has 1 aliphatic rings. The van der Waals surface area contributed by atoms with Gasteiger partial charge in [0, 0.05) is 12.3 Å². The fourth-order valence-corrected chi connectivity index (χ4v) is 3.94. The van der Waals surface area contributed by atoms with Gasteiger partial charge in [0.25, 0.3) is 0 Å². The molecule has 2 atom stereocenters. The standard InChI is InChI=1S/C21H43N.CNS/c1-3-4-5-6-7-8-9-10-11-12-13-14-15-16-18-22-19-17-21(2)20-22;2-1-3/h21H,3-20H2,1-2H3;/q;-1/p+1. The number of hydrogen-bond acceptors (Lipinski definition) is 1. The summed E-state index contributed by atoms with van der Waals surface area (Å²) >= 11 is 3.70. The highest BCUT2D eigenvalue weighted by atomic mass is 32.1. The van der Waals surface area contributed by atoms with Gasteiger partial charge in [-0.05, 0) is 12.8 Å². The lowest BCUT2D eigenvalue weighted by Crippen LogP contribution is -3.10. The van der Waals surface area contributed by atoms with Crippen LogP contribution in [0.25, 0.3) is 5.41 Å². The zero-order valence-corrected chi connectivity index (χ0v) is 18.0. The van der Waals surface area contributed by atoms with E-state index in [2.05, 4.69) is 26.1 Å². The van der Waals surface area contributed by atoms with Crippen LogP contribution in [0.15, 0.2) is 0 Å². The molecule has 0 bridgehead atoms. The van der Waals surface area contributed by atoms with Crippen LogP contribution in [0.3, 0.4) is 0 Å². The van der Waals surface area contributed by atoms with E-state index in [0.29, 0.717) is 0 Å². The minimum absolute atomic E-state index is 0.988. The van der Waals surface area contributed by atoms with Gasteiger partial charge in [-0.15, -0.1) is 0 Å². The fourth-order valence-electron chi connectivity index (χ4n) is 3.94. The molecule has 1 N–H and O–H groups in total. The first kappa shape index (κ1) is 24.8. The number of likely N-dealkylation sites (tertiary alicyclic amines) is 1. The molecule has 148 valence electrons. The molecule has 2 nitrogen and oxygen atoms in total. The Kier molecular flexibility index (Phi) is 19.9. The van der Waals surface area contributed by atoms with E-state index in [1.165, 1.54) is 121 Å². The quantitative estimate of drug-likeness (QED) is 0.212. The lowest BCUT2D eigenvalue weighted by Gasteiger charge is -2.12. The van der Waals surface area contributed by atoms with E-state index in [1.54, 1.807) is 0 Å². The van der Waals surface area contributed by atoms with Crippen LogP contribution in [0.2, 0.25) is 0 Å². The predicted octanol–water partition coefficient (Wildman–Crippen LogP) is 6.05. The summed E-state index contributed by atoms with van der Waals surface area (Å²) in [6, 6.07) is 0. The normalized spacial score (nSPS) is 19.3. The van der Waals surface area contributed by atoms with Crippen LogP contribution in [-0.4, -0.2) is 24.8 Å². The summed E-state index contributed by atoms with van der Waals surface area (Å²) in [6.07, 6.45) is 22.1. The van der Waals surface area contributed by atoms with Crippen LogP contribution in [0.1, 0.15) is 110 Å². The van der Waals surface area contributed by atoms with Crippen molar-refractivity contribution in [2.24, 2.45) is 5.92 Å². The first-order valence-corrected chi connectivity index (χ1v) is 11.5.